The molecule has 3 aliphatic rings. The summed E-state index contributed by atoms with van der Waals surface area (Å²) in [6.07, 6.45) is 6.63. The van der Waals surface area contributed by atoms with Crippen LogP contribution in [0.1, 0.15) is 18.7 Å². The van der Waals surface area contributed by atoms with Gasteiger partial charge in [-0.3, -0.25) is 4.79 Å². The summed E-state index contributed by atoms with van der Waals surface area (Å²) in [4.78, 5) is 16.6. The zero-order chi connectivity index (χ0) is 21.6. The SMILES string of the molecule is O=C(C1=CN2CCS(=O)(=O)N=C2C=C1)N(Cc1nnc(-c2ccc(Cl)cc2)o1)C1CC1. The maximum Gasteiger partial charge on any atom is 0.256 e. The Balaban J connectivity index is 1.34. The van der Waals surface area contributed by atoms with Crippen LogP contribution >= 0.6 is 11.6 Å². The second kappa shape index (κ2) is 7.61. The summed E-state index contributed by atoms with van der Waals surface area (Å²) in [5.74, 6) is 0.783. The molecule has 1 aliphatic carbocycles. The maximum absolute atomic E-state index is 13.2. The molecule has 2 aromatic rings. The summed E-state index contributed by atoms with van der Waals surface area (Å²) in [5.41, 5.74) is 1.21. The lowest BCUT2D eigenvalue weighted by Gasteiger charge is -2.28. The second-order valence-corrected chi connectivity index (χ2v) is 9.71. The number of amides is 1. The molecule has 3 heterocycles. The van der Waals surface area contributed by atoms with Crippen molar-refractivity contribution < 1.29 is 17.6 Å². The van der Waals surface area contributed by atoms with Crippen molar-refractivity contribution in [2.45, 2.75) is 25.4 Å². The largest absolute Gasteiger partial charge is 0.419 e. The van der Waals surface area contributed by atoms with Crippen molar-refractivity contribution in [3.63, 3.8) is 0 Å². The van der Waals surface area contributed by atoms with E-state index in [2.05, 4.69) is 14.6 Å². The molecule has 0 spiro atoms. The Labute approximate surface area is 183 Å². The first-order valence-electron chi connectivity index (χ1n) is 9.76. The van der Waals surface area contributed by atoms with E-state index in [0.717, 1.165) is 18.4 Å². The van der Waals surface area contributed by atoms with Crippen LogP contribution in [-0.4, -0.2) is 58.5 Å². The summed E-state index contributed by atoms with van der Waals surface area (Å²) < 4.78 is 32.9. The van der Waals surface area contributed by atoms with Crippen LogP contribution in [0.3, 0.4) is 0 Å². The van der Waals surface area contributed by atoms with Gasteiger partial charge in [0.05, 0.1) is 17.9 Å². The van der Waals surface area contributed by atoms with Gasteiger partial charge in [0.25, 0.3) is 15.9 Å². The highest BCUT2D eigenvalue weighted by molar-refractivity contribution is 7.90. The third-order valence-electron chi connectivity index (χ3n) is 5.18. The summed E-state index contributed by atoms with van der Waals surface area (Å²) in [5, 5.41) is 8.79. The van der Waals surface area contributed by atoms with Crippen molar-refractivity contribution in [1.82, 2.24) is 20.0 Å². The number of amidine groups is 1. The molecule has 0 bridgehead atoms. The van der Waals surface area contributed by atoms with Crippen LogP contribution in [0.15, 0.2) is 57.0 Å². The van der Waals surface area contributed by atoms with Gasteiger partial charge in [0.1, 0.15) is 5.84 Å². The number of hydrogen-bond acceptors (Lipinski definition) is 7. The number of aromatic nitrogens is 2. The van der Waals surface area contributed by atoms with Crippen molar-refractivity contribution in [3.8, 4) is 11.5 Å². The molecule has 1 aromatic heterocycles. The number of carbonyl (C=O) groups is 1. The molecule has 11 heteroatoms. The van der Waals surface area contributed by atoms with Crippen molar-refractivity contribution in [2.75, 3.05) is 12.3 Å². The highest BCUT2D eigenvalue weighted by Gasteiger charge is 2.36. The molecule has 1 fully saturated rings. The Morgan fingerprint density at radius 2 is 1.97 bits per heavy atom. The topological polar surface area (TPSA) is 109 Å². The molecule has 5 rings (SSSR count). The Morgan fingerprint density at radius 1 is 1.19 bits per heavy atom. The van der Waals surface area contributed by atoms with E-state index in [1.165, 1.54) is 0 Å². The molecule has 0 radical (unpaired) electrons. The Hall–Kier alpha value is -2.98. The number of halogens is 1. The molecule has 31 heavy (non-hydrogen) atoms. The highest BCUT2D eigenvalue weighted by Crippen LogP contribution is 2.31. The second-order valence-electron chi connectivity index (χ2n) is 7.52. The third-order valence-corrected chi connectivity index (χ3v) is 6.60. The van der Waals surface area contributed by atoms with Gasteiger partial charge in [0.15, 0.2) is 0 Å². The van der Waals surface area contributed by atoms with Gasteiger partial charge < -0.3 is 14.2 Å². The molecule has 2 aliphatic heterocycles. The standard InChI is InChI=1S/C20H18ClN5O4S/c21-15-4-1-13(2-5-15)19-23-22-18(30-19)12-26(16-6-7-16)20(27)14-3-8-17-24-31(28,29)10-9-25(17)11-14/h1-5,8,11,16H,6-7,9-10,12H2. The maximum atomic E-state index is 13.2. The van der Waals surface area contributed by atoms with Gasteiger partial charge in [0, 0.05) is 29.4 Å². The zero-order valence-corrected chi connectivity index (χ0v) is 17.9. The molecule has 160 valence electrons. The van der Waals surface area contributed by atoms with Crippen LogP contribution in [0.4, 0.5) is 0 Å². The van der Waals surface area contributed by atoms with Gasteiger partial charge in [-0.1, -0.05) is 11.6 Å². The van der Waals surface area contributed by atoms with Crippen LogP contribution in [0.5, 0.6) is 0 Å². The predicted molar refractivity (Wildman–Crippen MR) is 113 cm³/mol. The quantitative estimate of drug-likeness (QED) is 0.675. The third kappa shape index (κ3) is 4.26. The van der Waals surface area contributed by atoms with E-state index in [0.29, 0.717) is 28.2 Å². The van der Waals surface area contributed by atoms with Gasteiger partial charge in [0.2, 0.25) is 11.8 Å². The van der Waals surface area contributed by atoms with Crippen LogP contribution < -0.4 is 0 Å². The van der Waals surface area contributed by atoms with Crippen LogP contribution in [0.2, 0.25) is 5.02 Å². The van der Waals surface area contributed by atoms with Crippen molar-refractivity contribution in [1.29, 1.82) is 0 Å². The first-order valence-corrected chi connectivity index (χ1v) is 11.8. The molecule has 1 aromatic carbocycles. The lowest BCUT2D eigenvalue weighted by atomic mass is 10.1. The lowest BCUT2D eigenvalue weighted by Crippen LogP contribution is -2.39. The number of rotatable bonds is 5. The van der Waals surface area contributed by atoms with Crippen LogP contribution in [0, 0.1) is 0 Å². The Kier molecular flexibility index (Phi) is 4.90. The van der Waals surface area contributed by atoms with Crippen molar-refractivity contribution in [2.24, 2.45) is 4.40 Å². The average molecular weight is 460 g/mol. The summed E-state index contributed by atoms with van der Waals surface area (Å²) in [6, 6.07) is 7.18. The summed E-state index contributed by atoms with van der Waals surface area (Å²) >= 11 is 5.92. The molecule has 0 unspecified atom stereocenters. The van der Waals surface area contributed by atoms with E-state index < -0.39 is 10.0 Å². The predicted octanol–water partition coefficient (Wildman–Crippen LogP) is 2.38. The summed E-state index contributed by atoms with van der Waals surface area (Å²) in [6.45, 7) is 0.463. The van der Waals surface area contributed by atoms with Gasteiger partial charge in [-0.05, 0) is 49.3 Å². The molecule has 0 saturated heterocycles. The molecular weight excluding hydrogens is 442 g/mol. The fourth-order valence-corrected chi connectivity index (χ4v) is 4.51. The van der Waals surface area contributed by atoms with Gasteiger partial charge in [-0.25, -0.2) is 8.42 Å². The first-order chi connectivity index (χ1) is 14.9. The van der Waals surface area contributed by atoms with Crippen molar-refractivity contribution >= 4 is 33.4 Å². The highest BCUT2D eigenvalue weighted by atomic mass is 35.5. The summed E-state index contributed by atoms with van der Waals surface area (Å²) in [7, 11) is -3.44. The lowest BCUT2D eigenvalue weighted by molar-refractivity contribution is -0.128. The molecule has 0 atom stereocenters. The van der Waals surface area contributed by atoms with Crippen LogP contribution in [0.25, 0.3) is 11.5 Å². The van der Waals surface area contributed by atoms with E-state index >= 15 is 0 Å². The smallest absolute Gasteiger partial charge is 0.256 e. The Bertz CT molecular complexity index is 1230. The number of sulfonamides is 1. The van der Waals surface area contributed by atoms with Crippen molar-refractivity contribution in [3.05, 3.63) is 59.1 Å². The number of fused-ring (bicyclic) bond motifs is 1. The molecular formula is C20H18ClN5O4S. The fraction of sp³-hybridized carbons (Fsp3) is 0.300. The van der Waals surface area contributed by atoms with E-state index in [4.69, 9.17) is 16.0 Å². The van der Waals surface area contributed by atoms with E-state index in [9.17, 15) is 13.2 Å². The fourth-order valence-electron chi connectivity index (χ4n) is 3.42. The minimum atomic E-state index is -3.44. The normalized spacial score (nSPS) is 19.5. The first kappa shape index (κ1) is 20.0. The van der Waals surface area contributed by atoms with Gasteiger partial charge in [-0.15, -0.1) is 14.6 Å². The number of nitrogens with zero attached hydrogens (tertiary/aromatic N) is 5. The molecule has 0 N–H and O–H groups in total. The van der Waals surface area contributed by atoms with E-state index in [1.807, 2.05) is 0 Å². The van der Waals surface area contributed by atoms with E-state index in [-0.39, 0.29) is 30.8 Å². The number of hydrogen-bond donors (Lipinski definition) is 0. The monoisotopic (exact) mass is 459 g/mol. The minimum absolute atomic E-state index is 0.0793. The van der Waals surface area contributed by atoms with Gasteiger partial charge >= 0.3 is 0 Å². The molecule has 1 saturated carbocycles. The molecule has 1 amide bonds. The van der Waals surface area contributed by atoms with Gasteiger partial charge in [-0.2, -0.15) is 0 Å². The van der Waals surface area contributed by atoms with Crippen LogP contribution in [-0.2, 0) is 21.4 Å². The number of carbonyl (C=O) groups excluding carboxylic acids is 1. The minimum Gasteiger partial charge on any atom is -0.419 e. The number of benzene rings is 1. The molecule has 9 nitrogen and oxygen atoms in total. The Morgan fingerprint density at radius 3 is 2.71 bits per heavy atom. The zero-order valence-electron chi connectivity index (χ0n) is 16.3. The van der Waals surface area contributed by atoms with E-state index in [1.54, 1.807) is 52.4 Å². The average Bonchev–Trinajstić information content (AvgIpc) is 3.49.